The number of hydrogen-bond acceptors (Lipinski definition) is 6. The lowest BCUT2D eigenvalue weighted by Crippen LogP contribution is -2.37. The van der Waals surface area contributed by atoms with Gasteiger partial charge in [-0.25, -0.2) is 10.8 Å². The minimum atomic E-state index is 0.599. The van der Waals surface area contributed by atoms with Crippen molar-refractivity contribution in [1.82, 2.24) is 14.6 Å². The van der Waals surface area contributed by atoms with E-state index >= 15 is 0 Å². The van der Waals surface area contributed by atoms with Gasteiger partial charge in [0.05, 0.1) is 18.9 Å². The number of nitrogens with two attached hydrogens (primary N) is 1. The maximum atomic E-state index is 6.10. The molecule has 1 aliphatic heterocycles. The van der Waals surface area contributed by atoms with Crippen molar-refractivity contribution in [2.45, 2.75) is 0 Å². The normalized spacial score (nSPS) is 15.0. The maximum absolute atomic E-state index is 6.10. The largest absolute Gasteiger partial charge is 0.378 e. The molecule has 3 aromatic rings. The molecule has 3 N–H and O–H groups in total. The second-order valence-corrected chi connectivity index (χ2v) is 5.99. The topological polar surface area (TPSA) is 80.7 Å². The van der Waals surface area contributed by atoms with E-state index < -0.39 is 0 Å². The van der Waals surface area contributed by atoms with Gasteiger partial charge in [0.25, 0.3) is 0 Å². The van der Waals surface area contributed by atoms with Crippen LogP contribution in [-0.2, 0) is 4.74 Å². The zero-order valence-corrected chi connectivity index (χ0v) is 13.7. The van der Waals surface area contributed by atoms with E-state index in [9.17, 15) is 0 Å². The van der Waals surface area contributed by atoms with Crippen LogP contribution in [0.4, 0.5) is 11.6 Å². The molecule has 0 spiro atoms. The number of hydrogen-bond donors (Lipinski definition) is 2. The lowest BCUT2D eigenvalue weighted by molar-refractivity contribution is 0.122. The van der Waals surface area contributed by atoms with Crippen LogP contribution < -0.4 is 16.2 Å². The first-order chi connectivity index (χ1) is 11.7. The molecule has 0 bridgehead atoms. The molecule has 0 amide bonds. The first-order valence-electron chi connectivity index (χ1n) is 7.71. The van der Waals surface area contributed by atoms with E-state index in [-0.39, 0.29) is 0 Å². The monoisotopic (exact) mass is 344 g/mol. The summed E-state index contributed by atoms with van der Waals surface area (Å²) in [5.74, 6) is 7.11. The third kappa shape index (κ3) is 2.77. The molecule has 0 atom stereocenters. The summed E-state index contributed by atoms with van der Waals surface area (Å²) in [6.45, 7) is 2.99. The molecular weight excluding hydrogens is 328 g/mol. The fraction of sp³-hybridized carbons (Fsp3) is 0.250. The average Bonchev–Trinajstić information content (AvgIpc) is 3.05. The van der Waals surface area contributed by atoms with Gasteiger partial charge in [-0.1, -0.05) is 23.7 Å². The zero-order chi connectivity index (χ0) is 16.5. The number of nitrogen functional groups attached to an aromatic ring is 1. The van der Waals surface area contributed by atoms with E-state index in [4.69, 9.17) is 27.3 Å². The zero-order valence-electron chi connectivity index (χ0n) is 12.9. The third-order valence-corrected chi connectivity index (χ3v) is 4.25. The van der Waals surface area contributed by atoms with E-state index in [0.717, 1.165) is 35.8 Å². The van der Waals surface area contributed by atoms with Crippen molar-refractivity contribution in [1.29, 1.82) is 0 Å². The number of hydrazine groups is 1. The van der Waals surface area contributed by atoms with Crippen molar-refractivity contribution in [2.24, 2.45) is 5.84 Å². The Morgan fingerprint density at radius 1 is 1.17 bits per heavy atom. The Kier molecular flexibility index (Phi) is 3.97. The number of nitrogens with zero attached hydrogens (tertiary/aromatic N) is 4. The summed E-state index contributed by atoms with van der Waals surface area (Å²) >= 11 is 6.10. The van der Waals surface area contributed by atoms with Crippen LogP contribution in [0.25, 0.3) is 16.9 Å². The van der Waals surface area contributed by atoms with Gasteiger partial charge in [-0.15, -0.1) is 0 Å². The van der Waals surface area contributed by atoms with Crippen LogP contribution in [0.1, 0.15) is 0 Å². The third-order valence-electron chi connectivity index (χ3n) is 4.01. The van der Waals surface area contributed by atoms with Gasteiger partial charge in [0.2, 0.25) is 0 Å². The fourth-order valence-corrected chi connectivity index (χ4v) is 3.03. The lowest BCUT2D eigenvalue weighted by Gasteiger charge is -2.29. The van der Waals surface area contributed by atoms with E-state index in [0.29, 0.717) is 24.1 Å². The second kappa shape index (κ2) is 6.27. The number of rotatable bonds is 3. The predicted molar refractivity (Wildman–Crippen MR) is 94.3 cm³/mol. The van der Waals surface area contributed by atoms with Crippen LogP contribution >= 0.6 is 11.6 Å². The van der Waals surface area contributed by atoms with E-state index in [1.807, 2.05) is 40.9 Å². The molecule has 124 valence electrons. The summed E-state index contributed by atoms with van der Waals surface area (Å²) in [6.07, 6.45) is 0. The van der Waals surface area contributed by atoms with Crippen LogP contribution in [0.5, 0.6) is 0 Å². The standard InChI is InChI=1S/C16H17ClN6O/c17-12-3-1-2-11(8-12)13-9-15-19-14(20-18)10-16(23(15)21-13)22-4-6-24-7-5-22/h1-3,8-10H,4-7,18H2,(H,19,20). The van der Waals surface area contributed by atoms with E-state index in [1.54, 1.807) is 0 Å². The Balaban J connectivity index is 1.85. The van der Waals surface area contributed by atoms with Crippen LogP contribution in [0.2, 0.25) is 5.02 Å². The van der Waals surface area contributed by atoms with Crippen LogP contribution in [0, 0.1) is 0 Å². The molecule has 0 unspecified atom stereocenters. The second-order valence-electron chi connectivity index (χ2n) is 5.55. The first kappa shape index (κ1) is 15.2. The van der Waals surface area contributed by atoms with Crippen molar-refractivity contribution < 1.29 is 4.74 Å². The molecule has 4 rings (SSSR count). The molecule has 1 saturated heterocycles. The van der Waals surface area contributed by atoms with E-state index in [2.05, 4.69) is 15.3 Å². The number of halogens is 1. The van der Waals surface area contributed by atoms with Crippen molar-refractivity contribution in [3.8, 4) is 11.3 Å². The van der Waals surface area contributed by atoms with Gasteiger partial charge >= 0.3 is 0 Å². The van der Waals surface area contributed by atoms with Gasteiger partial charge in [-0.3, -0.25) is 0 Å². The fourth-order valence-electron chi connectivity index (χ4n) is 2.84. The number of fused-ring (bicyclic) bond motifs is 1. The molecule has 0 radical (unpaired) electrons. The van der Waals surface area contributed by atoms with Gasteiger partial charge in [-0.05, 0) is 12.1 Å². The van der Waals surface area contributed by atoms with Crippen LogP contribution in [0.3, 0.4) is 0 Å². The summed E-state index contributed by atoms with van der Waals surface area (Å²) in [6, 6.07) is 11.4. The summed E-state index contributed by atoms with van der Waals surface area (Å²) in [5, 5.41) is 5.40. The Labute approximate surface area is 144 Å². The van der Waals surface area contributed by atoms with Gasteiger partial charge in [0.15, 0.2) is 5.65 Å². The number of anilines is 2. The number of benzene rings is 1. The summed E-state index contributed by atoms with van der Waals surface area (Å²) < 4.78 is 7.27. The molecule has 2 aromatic heterocycles. The average molecular weight is 345 g/mol. The van der Waals surface area contributed by atoms with Crippen molar-refractivity contribution in [2.75, 3.05) is 36.6 Å². The van der Waals surface area contributed by atoms with Crippen molar-refractivity contribution in [3.63, 3.8) is 0 Å². The molecule has 7 nitrogen and oxygen atoms in total. The maximum Gasteiger partial charge on any atom is 0.160 e. The molecular formula is C16H17ClN6O. The molecule has 1 aromatic carbocycles. The number of nitrogens with one attached hydrogen (secondary N) is 1. The van der Waals surface area contributed by atoms with Gasteiger partial charge in [0.1, 0.15) is 11.6 Å². The molecule has 8 heteroatoms. The summed E-state index contributed by atoms with van der Waals surface area (Å²) in [4.78, 5) is 6.71. The Morgan fingerprint density at radius 2 is 2.00 bits per heavy atom. The molecule has 24 heavy (non-hydrogen) atoms. The minimum Gasteiger partial charge on any atom is -0.378 e. The van der Waals surface area contributed by atoms with Crippen molar-refractivity contribution in [3.05, 3.63) is 41.4 Å². The molecule has 0 aliphatic carbocycles. The number of morpholine rings is 1. The quantitative estimate of drug-likeness (QED) is 0.560. The highest BCUT2D eigenvalue weighted by Gasteiger charge is 2.18. The first-order valence-corrected chi connectivity index (χ1v) is 8.08. The minimum absolute atomic E-state index is 0.599. The highest BCUT2D eigenvalue weighted by atomic mass is 35.5. The summed E-state index contributed by atoms with van der Waals surface area (Å²) in [5.41, 5.74) is 5.11. The van der Waals surface area contributed by atoms with Gasteiger partial charge in [-0.2, -0.15) is 9.61 Å². The molecule has 0 saturated carbocycles. The van der Waals surface area contributed by atoms with Gasteiger partial charge < -0.3 is 15.1 Å². The number of ether oxygens (including phenoxy) is 1. The highest BCUT2D eigenvalue weighted by Crippen LogP contribution is 2.26. The Bertz CT molecular complexity index is 874. The van der Waals surface area contributed by atoms with Crippen LogP contribution in [-0.4, -0.2) is 40.9 Å². The highest BCUT2D eigenvalue weighted by molar-refractivity contribution is 6.30. The molecule has 3 heterocycles. The van der Waals surface area contributed by atoms with E-state index in [1.165, 1.54) is 0 Å². The smallest absolute Gasteiger partial charge is 0.160 e. The Morgan fingerprint density at radius 3 is 2.75 bits per heavy atom. The number of aromatic nitrogens is 3. The van der Waals surface area contributed by atoms with Crippen LogP contribution in [0.15, 0.2) is 36.4 Å². The molecule has 1 fully saturated rings. The van der Waals surface area contributed by atoms with Crippen molar-refractivity contribution >= 4 is 28.9 Å². The SMILES string of the molecule is NNc1cc(N2CCOCC2)n2nc(-c3cccc(Cl)c3)cc2n1. The summed E-state index contributed by atoms with van der Waals surface area (Å²) in [7, 11) is 0. The van der Waals surface area contributed by atoms with Gasteiger partial charge in [0, 0.05) is 35.8 Å². The Hall–Kier alpha value is -2.35. The predicted octanol–water partition coefficient (Wildman–Crippen LogP) is 2.17. The lowest BCUT2D eigenvalue weighted by atomic mass is 10.2. The molecule has 1 aliphatic rings.